The van der Waals surface area contributed by atoms with Crippen LogP contribution >= 0.6 is 12.4 Å². The quantitative estimate of drug-likeness (QED) is 0.0743. The molecule has 0 aromatic rings. The van der Waals surface area contributed by atoms with Crippen molar-refractivity contribution in [2.75, 3.05) is 14.1 Å². The third-order valence-corrected chi connectivity index (χ3v) is 8.76. The average molecular weight is 558 g/mol. The van der Waals surface area contributed by atoms with Crippen molar-refractivity contribution >= 4 is 12.4 Å². The second-order valence-corrected chi connectivity index (χ2v) is 12.7. The Balaban J connectivity index is 0. The molecule has 0 N–H and O–H groups in total. The molecule has 0 spiro atoms. The fourth-order valence-corrected chi connectivity index (χ4v) is 5.99. The van der Waals surface area contributed by atoms with Crippen molar-refractivity contribution in [3.8, 4) is 0 Å². The lowest BCUT2D eigenvalue weighted by molar-refractivity contribution is 0.251. The van der Waals surface area contributed by atoms with Crippen LogP contribution in [0.1, 0.15) is 213 Å². The predicted molar refractivity (Wildman–Crippen MR) is 179 cm³/mol. The van der Waals surface area contributed by atoms with Gasteiger partial charge in [-0.15, -0.1) is 12.4 Å². The summed E-state index contributed by atoms with van der Waals surface area (Å²) in [5, 5.41) is 0. The van der Waals surface area contributed by atoms with Crippen LogP contribution in [0.3, 0.4) is 0 Å². The normalized spacial score (nSPS) is 12.2. The van der Waals surface area contributed by atoms with Crippen molar-refractivity contribution in [2.24, 2.45) is 0 Å². The molecule has 0 aliphatic heterocycles. The largest absolute Gasteiger partial charge is 0.306 e. The minimum Gasteiger partial charge on any atom is -0.306 e. The first-order valence-corrected chi connectivity index (χ1v) is 17.9. The van der Waals surface area contributed by atoms with Gasteiger partial charge in [0.25, 0.3) is 0 Å². The van der Waals surface area contributed by atoms with Crippen molar-refractivity contribution in [3.63, 3.8) is 0 Å². The van der Waals surface area contributed by atoms with Gasteiger partial charge in [0.15, 0.2) is 0 Å². The van der Waals surface area contributed by atoms with Crippen LogP contribution in [0.5, 0.6) is 0 Å². The van der Waals surface area contributed by atoms with Gasteiger partial charge in [0.2, 0.25) is 0 Å². The maximum absolute atomic E-state index is 2.51. The third kappa shape index (κ3) is 32.5. The zero-order valence-corrected chi connectivity index (χ0v) is 28.2. The van der Waals surface area contributed by atoms with Crippen LogP contribution in [0.4, 0.5) is 0 Å². The Bertz CT molecular complexity index is 397. The first kappa shape index (κ1) is 40.4. The van der Waals surface area contributed by atoms with Crippen molar-refractivity contribution in [1.29, 1.82) is 0 Å². The molecule has 0 aromatic carbocycles. The summed E-state index contributed by atoms with van der Waals surface area (Å²) in [6, 6.07) is 0.819. The first-order valence-electron chi connectivity index (χ1n) is 17.9. The van der Waals surface area contributed by atoms with Crippen LogP contribution in [-0.2, 0) is 0 Å². The molecule has 38 heavy (non-hydrogen) atoms. The van der Waals surface area contributed by atoms with E-state index in [1.165, 1.54) is 199 Å². The van der Waals surface area contributed by atoms with Crippen LogP contribution in [0.25, 0.3) is 0 Å². The molecule has 232 valence electrons. The smallest absolute Gasteiger partial charge is 0.00891 e. The summed E-state index contributed by atoms with van der Waals surface area (Å²) in [6.07, 6.45) is 45.3. The van der Waals surface area contributed by atoms with Crippen molar-refractivity contribution in [3.05, 3.63) is 0 Å². The maximum Gasteiger partial charge on any atom is 0.00891 e. The number of unbranched alkanes of at least 4 members (excludes halogenated alkanes) is 27. The van der Waals surface area contributed by atoms with Gasteiger partial charge in [-0.3, -0.25) is 0 Å². The Morgan fingerprint density at radius 1 is 0.316 bits per heavy atom. The summed E-state index contributed by atoms with van der Waals surface area (Å²) < 4.78 is 0. The highest BCUT2D eigenvalue weighted by Gasteiger charge is 2.10. The molecule has 0 aliphatic carbocycles. The molecule has 0 aliphatic rings. The van der Waals surface area contributed by atoms with Gasteiger partial charge < -0.3 is 4.90 Å². The SMILES string of the molecule is CCCCCCCCCCCCCCCCCCC(CCCCCCCCCCCCCCC)N(C)C.Cl. The van der Waals surface area contributed by atoms with E-state index in [0.29, 0.717) is 0 Å². The minimum absolute atomic E-state index is 0. The topological polar surface area (TPSA) is 3.24 Å². The fraction of sp³-hybridized carbons (Fsp3) is 1.00. The first-order chi connectivity index (χ1) is 18.2. The van der Waals surface area contributed by atoms with Crippen molar-refractivity contribution < 1.29 is 0 Å². The van der Waals surface area contributed by atoms with Gasteiger partial charge in [0.05, 0.1) is 0 Å². The summed E-state index contributed by atoms with van der Waals surface area (Å²) in [5.41, 5.74) is 0. The van der Waals surface area contributed by atoms with Gasteiger partial charge in [-0.05, 0) is 26.9 Å². The van der Waals surface area contributed by atoms with Gasteiger partial charge in [0, 0.05) is 6.04 Å². The molecule has 0 radical (unpaired) electrons. The molecule has 0 aromatic heterocycles. The highest BCUT2D eigenvalue weighted by atomic mass is 35.5. The molecule has 1 nitrogen and oxygen atoms in total. The summed E-state index contributed by atoms with van der Waals surface area (Å²) in [7, 11) is 4.61. The van der Waals surface area contributed by atoms with Gasteiger partial charge >= 0.3 is 0 Å². The predicted octanol–water partition coefficient (Wildman–Crippen LogP) is 13.5. The number of rotatable bonds is 32. The van der Waals surface area contributed by atoms with E-state index in [1.54, 1.807) is 0 Å². The third-order valence-electron chi connectivity index (χ3n) is 8.76. The van der Waals surface area contributed by atoms with Crippen LogP contribution < -0.4 is 0 Å². The van der Waals surface area contributed by atoms with Crippen LogP contribution in [0.15, 0.2) is 0 Å². The number of nitrogens with zero attached hydrogens (tertiary/aromatic N) is 1. The Hall–Kier alpha value is 0.250. The highest BCUT2D eigenvalue weighted by Crippen LogP contribution is 2.18. The lowest BCUT2D eigenvalue weighted by Crippen LogP contribution is -2.27. The number of hydrogen-bond acceptors (Lipinski definition) is 1. The average Bonchev–Trinajstić information content (AvgIpc) is 2.89. The lowest BCUT2D eigenvalue weighted by Gasteiger charge is -2.24. The zero-order chi connectivity index (χ0) is 27.1. The molecular weight excluding hydrogens is 482 g/mol. The summed E-state index contributed by atoms with van der Waals surface area (Å²) in [6.45, 7) is 4.62. The second-order valence-electron chi connectivity index (χ2n) is 12.7. The molecule has 0 fully saturated rings. The summed E-state index contributed by atoms with van der Waals surface area (Å²) in [4.78, 5) is 2.51. The Morgan fingerprint density at radius 2 is 0.500 bits per heavy atom. The van der Waals surface area contributed by atoms with Gasteiger partial charge in [-0.1, -0.05) is 200 Å². The van der Waals surface area contributed by atoms with Crippen molar-refractivity contribution in [1.82, 2.24) is 4.90 Å². The number of hydrogen-bond donors (Lipinski definition) is 0. The Labute approximate surface area is 249 Å². The maximum atomic E-state index is 2.51. The fourth-order valence-electron chi connectivity index (χ4n) is 5.99. The second kappa shape index (κ2) is 35.3. The molecule has 0 saturated carbocycles. The minimum atomic E-state index is 0. The van der Waals surface area contributed by atoms with E-state index in [2.05, 4.69) is 32.8 Å². The molecular formula is C36H76ClN. The van der Waals surface area contributed by atoms with Crippen LogP contribution in [0, 0.1) is 0 Å². The molecule has 0 amide bonds. The molecule has 1 unspecified atom stereocenters. The van der Waals surface area contributed by atoms with Gasteiger partial charge in [-0.25, -0.2) is 0 Å². The monoisotopic (exact) mass is 558 g/mol. The Morgan fingerprint density at radius 3 is 0.684 bits per heavy atom. The van der Waals surface area contributed by atoms with E-state index in [9.17, 15) is 0 Å². The van der Waals surface area contributed by atoms with Gasteiger partial charge in [0.1, 0.15) is 0 Å². The van der Waals surface area contributed by atoms with Crippen LogP contribution in [-0.4, -0.2) is 25.0 Å². The zero-order valence-electron chi connectivity index (χ0n) is 27.4. The van der Waals surface area contributed by atoms with Crippen LogP contribution in [0.2, 0.25) is 0 Å². The molecule has 0 saturated heterocycles. The molecule has 0 rings (SSSR count). The number of halogens is 1. The molecule has 2 heteroatoms. The van der Waals surface area contributed by atoms with E-state index in [-0.39, 0.29) is 12.4 Å². The highest BCUT2D eigenvalue weighted by molar-refractivity contribution is 5.85. The molecule has 1 atom stereocenters. The van der Waals surface area contributed by atoms with E-state index in [1.807, 2.05) is 0 Å². The Kier molecular flexibility index (Phi) is 37.5. The summed E-state index contributed by atoms with van der Waals surface area (Å²) >= 11 is 0. The van der Waals surface area contributed by atoms with Gasteiger partial charge in [-0.2, -0.15) is 0 Å². The lowest BCUT2D eigenvalue weighted by atomic mass is 9.99. The molecule has 0 bridgehead atoms. The summed E-state index contributed by atoms with van der Waals surface area (Å²) in [5.74, 6) is 0. The van der Waals surface area contributed by atoms with E-state index < -0.39 is 0 Å². The van der Waals surface area contributed by atoms with E-state index in [4.69, 9.17) is 0 Å². The van der Waals surface area contributed by atoms with E-state index >= 15 is 0 Å². The standard InChI is InChI=1S/C36H75N.ClH/c1-5-7-9-11-13-15-17-19-20-21-23-25-27-29-31-33-35-36(37(3)4)34-32-30-28-26-24-22-18-16-14-12-10-8-6-2;/h36H,5-35H2,1-4H3;1H. The van der Waals surface area contributed by atoms with Crippen molar-refractivity contribution in [2.45, 2.75) is 219 Å². The molecule has 0 heterocycles. The van der Waals surface area contributed by atoms with E-state index in [0.717, 1.165) is 6.04 Å².